The molecule has 0 saturated carbocycles. The van der Waals surface area contributed by atoms with Gasteiger partial charge in [-0.05, 0) is 26.7 Å². The van der Waals surface area contributed by atoms with Crippen molar-refractivity contribution in [2.45, 2.75) is 123 Å². The second-order valence-corrected chi connectivity index (χ2v) is 13.8. The zero-order valence-electron chi connectivity index (χ0n) is 19.2. The maximum absolute atomic E-state index is 5.58. The topological polar surface area (TPSA) is 18.5 Å². The standard InChI is InChI=1S/C24H48O2Si/c1-24(2)26-22-21-25-20-18-16-14-12-10-8-6-7-9-11-13-15-17-19-23-27(3,4)5/h24H,6-18,20-22H2,1-5H3. The van der Waals surface area contributed by atoms with Crippen molar-refractivity contribution < 1.29 is 9.47 Å². The van der Waals surface area contributed by atoms with Crippen LogP contribution in [-0.4, -0.2) is 34.0 Å². The van der Waals surface area contributed by atoms with Gasteiger partial charge in [0.1, 0.15) is 8.07 Å². The molecule has 0 amide bonds. The Balaban J connectivity index is 3.10. The average molecular weight is 397 g/mol. The lowest BCUT2D eigenvalue weighted by Gasteiger charge is -2.08. The molecule has 0 fully saturated rings. The third-order valence-electron chi connectivity index (χ3n) is 4.48. The highest BCUT2D eigenvalue weighted by molar-refractivity contribution is 6.83. The van der Waals surface area contributed by atoms with E-state index in [-0.39, 0.29) is 0 Å². The minimum atomic E-state index is -1.14. The lowest BCUT2D eigenvalue weighted by Crippen LogP contribution is -2.16. The fourth-order valence-electron chi connectivity index (χ4n) is 2.96. The predicted octanol–water partition coefficient (Wildman–Crippen LogP) is 7.38. The molecule has 0 heterocycles. The van der Waals surface area contributed by atoms with Gasteiger partial charge >= 0.3 is 0 Å². The monoisotopic (exact) mass is 396 g/mol. The highest BCUT2D eigenvalue weighted by atomic mass is 28.3. The van der Waals surface area contributed by atoms with Crippen molar-refractivity contribution in [1.29, 1.82) is 0 Å². The van der Waals surface area contributed by atoms with Gasteiger partial charge in [-0.15, -0.1) is 11.5 Å². The fourth-order valence-corrected chi connectivity index (χ4v) is 3.61. The highest BCUT2D eigenvalue weighted by Crippen LogP contribution is 2.12. The van der Waals surface area contributed by atoms with E-state index in [4.69, 9.17) is 9.47 Å². The molecule has 0 aliphatic rings. The van der Waals surface area contributed by atoms with Crippen LogP contribution in [0.1, 0.15) is 97.3 Å². The summed E-state index contributed by atoms with van der Waals surface area (Å²) >= 11 is 0. The summed E-state index contributed by atoms with van der Waals surface area (Å²) in [6.45, 7) is 13.4. The second kappa shape index (κ2) is 19.0. The molecule has 0 spiro atoms. The summed E-state index contributed by atoms with van der Waals surface area (Å²) in [6.07, 6.45) is 17.9. The van der Waals surface area contributed by atoms with E-state index in [9.17, 15) is 0 Å². The first-order chi connectivity index (χ1) is 12.9. The molecule has 0 aromatic rings. The maximum atomic E-state index is 5.58. The Labute approximate surface area is 172 Å². The lowest BCUT2D eigenvalue weighted by molar-refractivity contribution is 0.0186. The molecule has 0 aliphatic heterocycles. The average Bonchev–Trinajstić information content (AvgIpc) is 2.58. The SMILES string of the molecule is CC(C)OCCOCCCCCCCCCCCCCCC#C[Si](C)(C)C. The Morgan fingerprint density at radius 1 is 0.630 bits per heavy atom. The maximum Gasteiger partial charge on any atom is 0.129 e. The van der Waals surface area contributed by atoms with Gasteiger partial charge < -0.3 is 9.47 Å². The van der Waals surface area contributed by atoms with Gasteiger partial charge in [-0.25, -0.2) is 0 Å². The summed E-state index contributed by atoms with van der Waals surface area (Å²) < 4.78 is 11.0. The fraction of sp³-hybridized carbons (Fsp3) is 0.917. The van der Waals surface area contributed by atoms with Crippen LogP contribution < -0.4 is 0 Å². The molecule has 0 aromatic carbocycles. The molecule has 0 saturated heterocycles. The first-order valence-corrected chi connectivity index (χ1v) is 15.1. The van der Waals surface area contributed by atoms with Crippen LogP contribution in [0.3, 0.4) is 0 Å². The van der Waals surface area contributed by atoms with Gasteiger partial charge in [0, 0.05) is 13.0 Å². The molecular formula is C24H48O2Si. The molecule has 2 nitrogen and oxygen atoms in total. The van der Waals surface area contributed by atoms with Crippen LogP contribution >= 0.6 is 0 Å². The smallest absolute Gasteiger partial charge is 0.129 e. The molecule has 0 N–H and O–H groups in total. The van der Waals surface area contributed by atoms with E-state index in [2.05, 4.69) is 45.0 Å². The van der Waals surface area contributed by atoms with E-state index in [0.29, 0.717) is 6.10 Å². The first kappa shape index (κ1) is 26.7. The Bertz CT molecular complexity index is 363. The number of hydrogen-bond acceptors (Lipinski definition) is 2. The predicted molar refractivity (Wildman–Crippen MR) is 123 cm³/mol. The number of hydrogen-bond donors (Lipinski definition) is 0. The summed E-state index contributed by atoms with van der Waals surface area (Å²) in [5.74, 6) is 3.38. The highest BCUT2D eigenvalue weighted by Gasteiger charge is 2.06. The van der Waals surface area contributed by atoms with Crippen LogP contribution in [0.5, 0.6) is 0 Å². The van der Waals surface area contributed by atoms with Crippen molar-refractivity contribution in [2.75, 3.05) is 19.8 Å². The molecule has 0 atom stereocenters. The van der Waals surface area contributed by atoms with Gasteiger partial charge in [0.15, 0.2) is 0 Å². The molecule has 0 bridgehead atoms. The van der Waals surface area contributed by atoms with Crippen molar-refractivity contribution in [2.24, 2.45) is 0 Å². The van der Waals surface area contributed by atoms with Crippen LogP contribution in [0.4, 0.5) is 0 Å². The van der Waals surface area contributed by atoms with E-state index in [1.807, 2.05) is 0 Å². The van der Waals surface area contributed by atoms with Gasteiger partial charge in [0.2, 0.25) is 0 Å². The van der Waals surface area contributed by atoms with Crippen LogP contribution in [0, 0.1) is 11.5 Å². The molecule has 0 rings (SSSR count). The summed E-state index contributed by atoms with van der Waals surface area (Å²) in [5.41, 5.74) is 3.46. The summed E-state index contributed by atoms with van der Waals surface area (Å²) in [7, 11) is -1.14. The van der Waals surface area contributed by atoms with Gasteiger partial charge in [-0.1, -0.05) is 83.8 Å². The molecule has 160 valence electrons. The van der Waals surface area contributed by atoms with E-state index in [0.717, 1.165) is 26.2 Å². The zero-order chi connectivity index (χ0) is 20.2. The Morgan fingerprint density at radius 2 is 1.11 bits per heavy atom. The van der Waals surface area contributed by atoms with Gasteiger partial charge in [0.05, 0.1) is 19.3 Å². The molecule has 27 heavy (non-hydrogen) atoms. The number of rotatable bonds is 18. The largest absolute Gasteiger partial charge is 0.379 e. The van der Waals surface area contributed by atoms with E-state index in [1.165, 1.54) is 77.0 Å². The van der Waals surface area contributed by atoms with Crippen molar-refractivity contribution in [3.05, 3.63) is 0 Å². The van der Waals surface area contributed by atoms with Gasteiger partial charge in [-0.2, -0.15) is 0 Å². The van der Waals surface area contributed by atoms with Gasteiger partial charge in [-0.3, -0.25) is 0 Å². The van der Waals surface area contributed by atoms with Crippen LogP contribution in [0.25, 0.3) is 0 Å². The van der Waals surface area contributed by atoms with Crippen LogP contribution in [0.15, 0.2) is 0 Å². The number of ether oxygens (including phenoxy) is 2. The first-order valence-electron chi connectivity index (χ1n) is 11.6. The molecular weight excluding hydrogens is 348 g/mol. The Kier molecular flexibility index (Phi) is 18.8. The van der Waals surface area contributed by atoms with Gasteiger partial charge in [0.25, 0.3) is 0 Å². The van der Waals surface area contributed by atoms with Crippen molar-refractivity contribution in [1.82, 2.24) is 0 Å². The molecule has 3 heteroatoms. The number of unbranched alkanes of at least 4 members (excludes halogenated alkanes) is 12. The molecule has 0 aliphatic carbocycles. The third kappa shape index (κ3) is 25.7. The minimum Gasteiger partial charge on any atom is -0.379 e. The minimum absolute atomic E-state index is 0.313. The summed E-state index contributed by atoms with van der Waals surface area (Å²) in [4.78, 5) is 0. The zero-order valence-corrected chi connectivity index (χ0v) is 20.2. The Hall–Kier alpha value is -0.303. The van der Waals surface area contributed by atoms with Crippen LogP contribution in [0.2, 0.25) is 19.6 Å². The van der Waals surface area contributed by atoms with Crippen molar-refractivity contribution >= 4 is 8.07 Å². The molecule has 0 unspecified atom stereocenters. The van der Waals surface area contributed by atoms with E-state index >= 15 is 0 Å². The van der Waals surface area contributed by atoms with E-state index < -0.39 is 8.07 Å². The quantitative estimate of drug-likeness (QED) is 0.137. The molecule has 0 aromatic heterocycles. The lowest BCUT2D eigenvalue weighted by atomic mass is 10.0. The normalized spacial score (nSPS) is 11.6. The van der Waals surface area contributed by atoms with Crippen molar-refractivity contribution in [3.8, 4) is 11.5 Å². The molecule has 0 radical (unpaired) electrons. The van der Waals surface area contributed by atoms with Crippen LogP contribution in [-0.2, 0) is 9.47 Å². The summed E-state index contributed by atoms with van der Waals surface area (Å²) in [5, 5.41) is 0. The third-order valence-corrected chi connectivity index (χ3v) is 5.41. The Morgan fingerprint density at radius 3 is 1.59 bits per heavy atom. The summed E-state index contributed by atoms with van der Waals surface area (Å²) in [6, 6.07) is 0. The van der Waals surface area contributed by atoms with Crippen molar-refractivity contribution in [3.63, 3.8) is 0 Å². The van der Waals surface area contributed by atoms with E-state index in [1.54, 1.807) is 0 Å². The second-order valence-electron chi connectivity index (χ2n) is 9.08.